The van der Waals surface area contributed by atoms with Crippen molar-refractivity contribution < 1.29 is 0 Å². The Morgan fingerprint density at radius 3 is 2.57 bits per heavy atom. The first-order valence-electron chi connectivity index (χ1n) is 10.6. The summed E-state index contributed by atoms with van der Waals surface area (Å²) in [6.07, 6.45) is 3.92. The Morgan fingerprint density at radius 1 is 1.10 bits per heavy atom. The van der Waals surface area contributed by atoms with E-state index in [0.29, 0.717) is 0 Å². The number of para-hydroxylation sites is 1. The van der Waals surface area contributed by atoms with Crippen molar-refractivity contribution in [3.63, 3.8) is 0 Å². The number of tetrazole rings is 1. The van der Waals surface area contributed by atoms with Crippen LogP contribution in [0.3, 0.4) is 0 Å². The molecule has 4 rings (SSSR count). The lowest BCUT2D eigenvalue weighted by atomic mass is 9.96. The summed E-state index contributed by atoms with van der Waals surface area (Å²) in [5.41, 5.74) is 6.84. The Kier molecular flexibility index (Phi) is 5.43. The summed E-state index contributed by atoms with van der Waals surface area (Å²) in [6, 6.07) is 12.8. The van der Waals surface area contributed by atoms with E-state index in [2.05, 4.69) is 103 Å². The quantitative estimate of drug-likeness (QED) is 0.477. The van der Waals surface area contributed by atoms with Crippen LogP contribution in [0.1, 0.15) is 48.3 Å². The number of benzene rings is 2. The number of aryl methyl sites for hydroxylation is 3. The minimum atomic E-state index is -0.334. The number of aromatic nitrogens is 5. The fourth-order valence-corrected chi connectivity index (χ4v) is 4.36. The fourth-order valence-electron chi connectivity index (χ4n) is 4.36. The molecule has 0 aliphatic heterocycles. The molecule has 0 spiro atoms. The van der Waals surface area contributed by atoms with Crippen LogP contribution < -0.4 is 5.32 Å². The van der Waals surface area contributed by atoms with Gasteiger partial charge < -0.3 is 10.3 Å². The van der Waals surface area contributed by atoms with Crippen LogP contribution in [0.4, 0.5) is 0 Å². The zero-order valence-corrected chi connectivity index (χ0v) is 18.5. The maximum absolute atomic E-state index is 4.44. The van der Waals surface area contributed by atoms with Crippen molar-refractivity contribution >= 4 is 10.9 Å². The molecule has 0 bridgehead atoms. The number of fused-ring (bicyclic) bond motifs is 1. The normalized spacial score (nSPS) is 13.6. The second kappa shape index (κ2) is 8.03. The molecule has 30 heavy (non-hydrogen) atoms. The van der Waals surface area contributed by atoms with Gasteiger partial charge in [-0.2, -0.15) is 4.68 Å². The third-order valence-corrected chi connectivity index (χ3v) is 6.10. The highest BCUT2D eigenvalue weighted by atomic mass is 15.6. The molecule has 4 aromatic rings. The van der Waals surface area contributed by atoms with E-state index in [1.807, 2.05) is 4.68 Å². The SMILES string of the molecule is CC[C@](C)(NCCc1c[nH]c2ccccc12)c1nnnn1-c1c(C)cc(C)cc1C. The number of rotatable bonds is 7. The standard InChI is InChI=1S/C24H30N6/c1-6-24(5,26-12-11-19-15-25-21-10-8-7-9-20(19)21)23-27-28-29-30(23)22-17(3)13-16(2)14-18(22)4/h7-10,13-15,25-26H,6,11-12H2,1-5H3/t24-/m0/s1. The van der Waals surface area contributed by atoms with E-state index < -0.39 is 0 Å². The second-order valence-electron chi connectivity index (χ2n) is 8.38. The average molecular weight is 403 g/mol. The Morgan fingerprint density at radius 2 is 1.83 bits per heavy atom. The summed E-state index contributed by atoms with van der Waals surface area (Å²) < 4.78 is 1.91. The van der Waals surface area contributed by atoms with E-state index in [-0.39, 0.29) is 5.54 Å². The summed E-state index contributed by atoms with van der Waals surface area (Å²) in [6.45, 7) is 11.6. The monoisotopic (exact) mass is 402 g/mol. The Bertz CT molecular complexity index is 1150. The third-order valence-electron chi connectivity index (χ3n) is 6.10. The average Bonchev–Trinajstić information content (AvgIpc) is 3.35. The van der Waals surface area contributed by atoms with Gasteiger partial charge in [0, 0.05) is 23.6 Å². The molecule has 0 aliphatic carbocycles. The molecular formula is C24H30N6. The number of hydrogen-bond donors (Lipinski definition) is 2. The van der Waals surface area contributed by atoms with Gasteiger partial charge in [0.15, 0.2) is 5.82 Å². The third kappa shape index (κ3) is 3.63. The van der Waals surface area contributed by atoms with Gasteiger partial charge in [0.05, 0.1) is 11.2 Å². The van der Waals surface area contributed by atoms with E-state index in [1.54, 1.807) is 0 Å². The van der Waals surface area contributed by atoms with Crippen molar-refractivity contribution in [2.45, 2.75) is 53.0 Å². The van der Waals surface area contributed by atoms with Crippen LogP contribution in [0.5, 0.6) is 0 Å². The summed E-state index contributed by atoms with van der Waals surface area (Å²) >= 11 is 0. The van der Waals surface area contributed by atoms with Crippen LogP contribution in [0, 0.1) is 20.8 Å². The summed E-state index contributed by atoms with van der Waals surface area (Å²) in [5.74, 6) is 0.846. The Labute approximate surface area is 177 Å². The van der Waals surface area contributed by atoms with Crippen molar-refractivity contribution in [2.75, 3.05) is 6.54 Å². The predicted molar refractivity (Wildman–Crippen MR) is 121 cm³/mol. The van der Waals surface area contributed by atoms with Crippen LogP contribution in [-0.4, -0.2) is 31.7 Å². The first kappa shape index (κ1) is 20.3. The van der Waals surface area contributed by atoms with Crippen LogP contribution in [0.15, 0.2) is 42.6 Å². The summed E-state index contributed by atoms with van der Waals surface area (Å²) in [5, 5.41) is 17.9. The number of nitrogens with one attached hydrogen (secondary N) is 2. The number of aromatic amines is 1. The van der Waals surface area contributed by atoms with Crippen molar-refractivity contribution in [2.24, 2.45) is 0 Å². The zero-order valence-electron chi connectivity index (χ0n) is 18.5. The van der Waals surface area contributed by atoms with Crippen LogP contribution in [0.25, 0.3) is 16.6 Å². The maximum Gasteiger partial charge on any atom is 0.176 e. The van der Waals surface area contributed by atoms with Crippen molar-refractivity contribution in [3.8, 4) is 5.69 Å². The minimum absolute atomic E-state index is 0.334. The van der Waals surface area contributed by atoms with Gasteiger partial charge in [-0.25, -0.2) is 0 Å². The highest BCUT2D eigenvalue weighted by Gasteiger charge is 2.31. The molecule has 1 atom stereocenters. The van der Waals surface area contributed by atoms with Gasteiger partial charge in [-0.1, -0.05) is 42.8 Å². The Balaban J connectivity index is 1.59. The van der Waals surface area contributed by atoms with Crippen LogP contribution in [0.2, 0.25) is 0 Å². The van der Waals surface area contributed by atoms with Gasteiger partial charge in [0.1, 0.15) is 0 Å². The molecule has 0 fully saturated rings. The van der Waals surface area contributed by atoms with Gasteiger partial charge in [-0.05, 0) is 73.7 Å². The first-order chi connectivity index (χ1) is 14.4. The Hall–Kier alpha value is -2.99. The zero-order chi connectivity index (χ0) is 21.3. The first-order valence-corrected chi connectivity index (χ1v) is 10.6. The predicted octanol–water partition coefficient (Wildman–Crippen LogP) is 4.53. The van der Waals surface area contributed by atoms with Crippen LogP contribution >= 0.6 is 0 Å². The molecule has 0 radical (unpaired) electrons. The van der Waals surface area contributed by atoms with Crippen molar-refractivity contribution in [1.29, 1.82) is 0 Å². The smallest absolute Gasteiger partial charge is 0.176 e. The summed E-state index contributed by atoms with van der Waals surface area (Å²) in [4.78, 5) is 3.36. The van der Waals surface area contributed by atoms with E-state index in [4.69, 9.17) is 0 Å². The summed E-state index contributed by atoms with van der Waals surface area (Å²) in [7, 11) is 0. The van der Waals surface area contributed by atoms with Crippen LogP contribution in [-0.2, 0) is 12.0 Å². The van der Waals surface area contributed by atoms with Crippen molar-refractivity contribution in [3.05, 3.63) is 70.7 Å². The van der Waals surface area contributed by atoms with E-state index in [0.717, 1.165) is 30.9 Å². The number of H-pyrrole nitrogens is 1. The van der Waals surface area contributed by atoms with Crippen molar-refractivity contribution in [1.82, 2.24) is 30.5 Å². The highest BCUT2D eigenvalue weighted by molar-refractivity contribution is 5.83. The van der Waals surface area contributed by atoms with E-state index >= 15 is 0 Å². The second-order valence-corrected chi connectivity index (χ2v) is 8.38. The minimum Gasteiger partial charge on any atom is -0.361 e. The van der Waals surface area contributed by atoms with E-state index in [1.165, 1.54) is 33.2 Å². The molecule has 2 heterocycles. The molecule has 0 saturated carbocycles. The number of nitrogens with zero attached hydrogens (tertiary/aromatic N) is 4. The van der Waals surface area contributed by atoms with Gasteiger partial charge in [0.2, 0.25) is 0 Å². The lowest BCUT2D eigenvalue weighted by molar-refractivity contribution is 0.329. The molecule has 0 amide bonds. The maximum atomic E-state index is 4.44. The number of hydrogen-bond acceptors (Lipinski definition) is 4. The van der Waals surface area contributed by atoms with Gasteiger partial charge in [-0.3, -0.25) is 0 Å². The van der Waals surface area contributed by atoms with Gasteiger partial charge in [-0.15, -0.1) is 5.10 Å². The molecule has 6 nitrogen and oxygen atoms in total. The van der Waals surface area contributed by atoms with Gasteiger partial charge >= 0.3 is 0 Å². The molecule has 0 unspecified atom stereocenters. The lowest BCUT2D eigenvalue weighted by Crippen LogP contribution is -2.42. The molecule has 0 aliphatic rings. The molecule has 2 aromatic carbocycles. The largest absolute Gasteiger partial charge is 0.361 e. The molecule has 2 N–H and O–H groups in total. The fraction of sp³-hybridized carbons (Fsp3) is 0.375. The lowest BCUT2D eigenvalue weighted by Gasteiger charge is -2.29. The topological polar surface area (TPSA) is 71.4 Å². The highest BCUT2D eigenvalue weighted by Crippen LogP contribution is 2.28. The van der Waals surface area contributed by atoms with Gasteiger partial charge in [0.25, 0.3) is 0 Å². The van der Waals surface area contributed by atoms with E-state index in [9.17, 15) is 0 Å². The molecule has 6 heteroatoms. The molecular weight excluding hydrogens is 372 g/mol. The molecule has 2 aromatic heterocycles. The molecule has 0 saturated heterocycles. The molecule has 156 valence electrons.